The average molecular weight is 254 g/mol. The van der Waals surface area contributed by atoms with Crippen LogP contribution in [0.25, 0.3) is 0 Å². The van der Waals surface area contributed by atoms with Gasteiger partial charge in [0.2, 0.25) is 0 Å². The molecule has 1 nitrogen and oxygen atoms in total. The molecule has 0 aromatic rings. The van der Waals surface area contributed by atoms with Gasteiger partial charge in [-0.15, -0.1) is 0 Å². The maximum Gasteiger partial charge on any atom is 0.435 e. The van der Waals surface area contributed by atoms with E-state index in [2.05, 4.69) is 0 Å². The SMILES string of the molecule is CCC(=CC(F)(C(F)(F)F)C(F)(F)F)CO. The summed E-state index contributed by atoms with van der Waals surface area (Å²) in [5.74, 6) is 0. The lowest BCUT2D eigenvalue weighted by Crippen LogP contribution is -2.52. The molecule has 0 spiro atoms. The van der Waals surface area contributed by atoms with E-state index in [0.717, 1.165) is 0 Å². The number of allylic oxidation sites excluding steroid dienone is 1. The summed E-state index contributed by atoms with van der Waals surface area (Å²) >= 11 is 0. The number of rotatable bonds is 3. The highest BCUT2D eigenvalue weighted by molar-refractivity contribution is 5.17. The Morgan fingerprint density at radius 2 is 1.38 bits per heavy atom. The Labute approximate surface area is 86.6 Å². The van der Waals surface area contributed by atoms with Crippen molar-refractivity contribution in [1.29, 1.82) is 0 Å². The maximum atomic E-state index is 13.0. The Morgan fingerprint density at radius 3 is 1.56 bits per heavy atom. The summed E-state index contributed by atoms with van der Waals surface area (Å²) in [7, 11) is 0. The molecular weight excluding hydrogens is 245 g/mol. The molecule has 0 saturated carbocycles. The van der Waals surface area contributed by atoms with Gasteiger partial charge in [0.1, 0.15) is 0 Å². The first-order valence-corrected chi connectivity index (χ1v) is 4.13. The van der Waals surface area contributed by atoms with Crippen LogP contribution in [0.1, 0.15) is 13.3 Å². The Bertz CT molecular complexity index is 243. The second-order valence-corrected chi connectivity index (χ2v) is 3.02. The summed E-state index contributed by atoms with van der Waals surface area (Å²) in [6.07, 6.45) is -13.1. The highest BCUT2D eigenvalue weighted by Gasteiger charge is 2.71. The van der Waals surface area contributed by atoms with E-state index in [4.69, 9.17) is 5.11 Å². The minimum atomic E-state index is -6.11. The van der Waals surface area contributed by atoms with E-state index in [1.165, 1.54) is 6.92 Å². The molecule has 8 heteroatoms. The predicted molar refractivity (Wildman–Crippen MR) is 41.4 cm³/mol. The van der Waals surface area contributed by atoms with Gasteiger partial charge in [0.15, 0.2) is 0 Å². The largest absolute Gasteiger partial charge is 0.435 e. The molecule has 0 fully saturated rings. The van der Waals surface area contributed by atoms with Crippen molar-refractivity contribution in [3.63, 3.8) is 0 Å². The topological polar surface area (TPSA) is 20.2 Å². The summed E-state index contributed by atoms with van der Waals surface area (Å²) < 4.78 is 85.1. The molecule has 0 bridgehead atoms. The zero-order valence-electron chi connectivity index (χ0n) is 8.08. The number of halogens is 7. The number of hydrogen-bond acceptors (Lipinski definition) is 1. The van der Waals surface area contributed by atoms with Crippen LogP contribution in [0.3, 0.4) is 0 Å². The van der Waals surface area contributed by atoms with Crippen molar-refractivity contribution < 1.29 is 35.8 Å². The van der Waals surface area contributed by atoms with Crippen LogP contribution in [0.2, 0.25) is 0 Å². The first kappa shape index (κ1) is 15.2. The Hall–Kier alpha value is -0.790. The van der Waals surface area contributed by atoms with E-state index in [-0.39, 0.29) is 6.42 Å². The highest BCUT2D eigenvalue weighted by atomic mass is 19.4. The fourth-order valence-corrected chi connectivity index (χ4v) is 0.865. The highest BCUT2D eigenvalue weighted by Crippen LogP contribution is 2.47. The monoisotopic (exact) mass is 254 g/mol. The van der Waals surface area contributed by atoms with Gasteiger partial charge in [0.05, 0.1) is 6.61 Å². The molecule has 0 heterocycles. The lowest BCUT2D eigenvalue weighted by molar-refractivity contribution is -0.322. The third kappa shape index (κ3) is 2.87. The molecule has 0 atom stereocenters. The van der Waals surface area contributed by atoms with Gasteiger partial charge in [-0.25, -0.2) is 4.39 Å². The zero-order chi connectivity index (χ0) is 13.2. The lowest BCUT2D eigenvalue weighted by atomic mass is 10.00. The smallest absolute Gasteiger partial charge is 0.392 e. The Balaban J connectivity index is 5.53. The van der Waals surface area contributed by atoms with Crippen LogP contribution in [0.15, 0.2) is 11.6 Å². The van der Waals surface area contributed by atoms with E-state index in [1.54, 1.807) is 0 Å². The molecule has 0 aromatic carbocycles. The third-order valence-corrected chi connectivity index (χ3v) is 1.89. The molecule has 0 rings (SSSR count). The van der Waals surface area contributed by atoms with Crippen molar-refractivity contribution in [1.82, 2.24) is 0 Å². The van der Waals surface area contributed by atoms with E-state index < -0.39 is 36.3 Å². The fourth-order valence-electron chi connectivity index (χ4n) is 0.865. The van der Waals surface area contributed by atoms with Crippen LogP contribution >= 0.6 is 0 Å². The van der Waals surface area contributed by atoms with Gasteiger partial charge in [-0.05, 0) is 18.1 Å². The van der Waals surface area contributed by atoms with Gasteiger partial charge in [-0.2, -0.15) is 26.3 Å². The van der Waals surface area contributed by atoms with E-state index in [0.29, 0.717) is 0 Å². The molecule has 96 valence electrons. The van der Waals surface area contributed by atoms with Crippen molar-refractivity contribution in [3.05, 3.63) is 11.6 Å². The molecule has 16 heavy (non-hydrogen) atoms. The van der Waals surface area contributed by atoms with Crippen molar-refractivity contribution in [2.75, 3.05) is 6.61 Å². The molecule has 0 aromatic heterocycles. The van der Waals surface area contributed by atoms with E-state index >= 15 is 0 Å². The third-order valence-electron chi connectivity index (χ3n) is 1.89. The summed E-state index contributed by atoms with van der Waals surface area (Å²) in [5, 5.41) is 8.45. The van der Waals surface area contributed by atoms with Gasteiger partial charge in [-0.3, -0.25) is 0 Å². The molecule has 0 aliphatic rings. The van der Waals surface area contributed by atoms with Crippen LogP contribution < -0.4 is 0 Å². The van der Waals surface area contributed by atoms with Gasteiger partial charge >= 0.3 is 18.0 Å². The van der Waals surface area contributed by atoms with Crippen molar-refractivity contribution in [3.8, 4) is 0 Å². The Kier molecular flexibility index (Phi) is 4.38. The molecule has 0 amide bonds. The first-order chi connectivity index (χ1) is 6.99. The summed E-state index contributed by atoms with van der Waals surface area (Å²) in [4.78, 5) is 0. The van der Waals surface area contributed by atoms with Crippen molar-refractivity contribution in [2.24, 2.45) is 0 Å². The minimum absolute atomic E-state index is 0.311. The number of aliphatic hydroxyl groups is 1. The average Bonchev–Trinajstić information content (AvgIpc) is 2.10. The number of alkyl halides is 7. The number of hydrogen-bond donors (Lipinski definition) is 1. The van der Waals surface area contributed by atoms with Crippen molar-refractivity contribution >= 4 is 0 Å². The lowest BCUT2D eigenvalue weighted by Gasteiger charge is -2.27. The molecule has 0 aliphatic heterocycles. The summed E-state index contributed by atoms with van der Waals surface area (Å²) in [6, 6.07) is 0. The van der Waals surface area contributed by atoms with Gasteiger partial charge in [-0.1, -0.05) is 6.92 Å². The van der Waals surface area contributed by atoms with Crippen LogP contribution in [-0.4, -0.2) is 29.7 Å². The first-order valence-electron chi connectivity index (χ1n) is 4.13. The quantitative estimate of drug-likeness (QED) is 0.606. The molecule has 0 aliphatic carbocycles. The van der Waals surface area contributed by atoms with Crippen molar-refractivity contribution in [2.45, 2.75) is 31.4 Å². The van der Waals surface area contributed by atoms with E-state index in [9.17, 15) is 30.7 Å². The molecular formula is C8H9F7O. The van der Waals surface area contributed by atoms with Crippen LogP contribution in [0.4, 0.5) is 30.7 Å². The summed E-state index contributed by atoms with van der Waals surface area (Å²) in [6.45, 7) is 0.142. The second kappa shape index (κ2) is 4.60. The van der Waals surface area contributed by atoms with Gasteiger partial charge in [0.25, 0.3) is 0 Å². The standard InChI is InChI=1S/C8H9F7O/c1-2-5(4-16)3-6(9,7(10,11)12)8(13,14)15/h3,16H,2,4H2,1H3. The predicted octanol–water partition coefficient (Wildman–Crippen LogP) is 3.15. The molecule has 0 radical (unpaired) electrons. The fraction of sp³-hybridized carbons (Fsp3) is 0.750. The Morgan fingerprint density at radius 1 is 1.00 bits per heavy atom. The molecule has 1 N–H and O–H groups in total. The maximum absolute atomic E-state index is 13.0. The van der Waals surface area contributed by atoms with Crippen LogP contribution in [0, 0.1) is 0 Å². The molecule has 0 unspecified atom stereocenters. The second-order valence-electron chi connectivity index (χ2n) is 3.02. The minimum Gasteiger partial charge on any atom is -0.392 e. The van der Waals surface area contributed by atoms with Gasteiger partial charge < -0.3 is 5.11 Å². The normalized spacial score (nSPS) is 15.4. The van der Waals surface area contributed by atoms with Gasteiger partial charge in [0, 0.05) is 0 Å². The van der Waals surface area contributed by atoms with Crippen LogP contribution in [0.5, 0.6) is 0 Å². The van der Waals surface area contributed by atoms with Crippen LogP contribution in [-0.2, 0) is 0 Å². The number of aliphatic hydroxyl groups excluding tert-OH is 1. The van der Waals surface area contributed by atoms with E-state index in [1.807, 2.05) is 0 Å². The molecule has 0 saturated heterocycles. The summed E-state index contributed by atoms with van der Waals surface area (Å²) in [5.41, 5.74) is -6.09. The zero-order valence-corrected chi connectivity index (χ0v) is 8.08.